The Labute approximate surface area is 166 Å². The Morgan fingerprint density at radius 2 is 1.89 bits per heavy atom. The van der Waals surface area contributed by atoms with E-state index in [2.05, 4.69) is 4.72 Å². The molecule has 0 fully saturated rings. The summed E-state index contributed by atoms with van der Waals surface area (Å²) in [6.45, 7) is 2.41. The lowest BCUT2D eigenvalue weighted by Crippen LogP contribution is -2.34. The minimum Gasteiger partial charge on any atom is -0.399 e. The topological polar surface area (TPSA) is 92.5 Å². The molecule has 0 unspecified atom stereocenters. The van der Waals surface area contributed by atoms with Crippen LogP contribution >= 0.6 is 12.4 Å². The van der Waals surface area contributed by atoms with E-state index < -0.39 is 10.0 Å². The predicted molar refractivity (Wildman–Crippen MR) is 110 cm³/mol. The number of hydrogen-bond donors (Lipinski definition) is 2. The van der Waals surface area contributed by atoms with Gasteiger partial charge in [0.2, 0.25) is 15.9 Å². The number of anilines is 2. The van der Waals surface area contributed by atoms with Crippen LogP contribution in [0.3, 0.4) is 0 Å². The summed E-state index contributed by atoms with van der Waals surface area (Å²) in [6.07, 6.45) is 2.31. The van der Waals surface area contributed by atoms with Gasteiger partial charge in [0.25, 0.3) is 0 Å². The Kier molecular flexibility index (Phi) is 6.86. The van der Waals surface area contributed by atoms with Gasteiger partial charge in [-0.05, 0) is 54.7 Å². The average Bonchev–Trinajstić information content (AvgIpc) is 2.62. The van der Waals surface area contributed by atoms with Crippen molar-refractivity contribution in [3.63, 3.8) is 0 Å². The molecule has 1 amide bonds. The van der Waals surface area contributed by atoms with Gasteiger partial charge in [-0.25, -0.2) is 13.1 Å². The number of halogens is 1. The van der Waals surface area contributed by atoms with Gasteiger partial charge >= 0.3 is 0 Å². The molecule has 2 aromatic carbocycles. The predicted octanol–water partition coefficient (Wildman–Crippen LogP) is 2.51. The van der Waals surface area contributed by atoms with E-state index in [4.69, 9.17) is 5.73 Å². The summed E-state index contributed by atoms with van der Waals surface area (Å²) >= 11 is 0. The average molecular weight is 410 g/mol. The molecule has 8 heteroatoms. The van der Waals surface area contributed by atoms with Crippen LogP contribution in [0.25, 0.3) is 0 Å². The first-order valence-corrected chi connectivity index (χ1v) is 10.1. The lowest BCUT2D eigenvalue weighted by molar-refractivity contribution is -0.116. The summed E-state index contributed by atoms with van der Waals surface area (Å²) in [6, 6.07) is 12.4. The standard InChI is InChI=1S/C19H23N3O3S.ClH/c1-14(23)22-12-2-3-16-6-9-18(13-19(16)22)26(24,25)21-11-10-15-4-7-17(20)8-5-15;/h4-9,13,21H,2-3,10-12,20H2,1H3;1H. The first-order valence-electron chi connectivity index (χ1n) is 8.62. The van der Waals surface area contributed by atoms with E-state index in [1.807, 2.05) is 12.1 Å². The number of hydrogen-bond acceptors (Lipinski definition) is 4. The summed E-state index contributed by atoms with van der Waals surface area (Å²) in [7, 11) is -3.63. The maximum Gasteiger partial charge on any atom is 0.240 e. The second-order valence-corrected chi connectivity index (χ2v) is 8.22. The highest BCUT2D eigenvalue weighted by molar-refractivity contribution is 7.89. The summed E-state index contributed by atoms with van der Waals surface area (Å²) in [5.74, 6) is -0.0724. The molecule has 3 rings (SSSR count). The molecule has 0 radical (unpaired) electrons. The van der Waals surface area contributed by atoms with Crippen molar-refractivity contribution in [1.29, 1.82) is 0 Å². The van der Waals surface area contributed by atoms with Gasteiger partial charge in [0.05, 0.1) is 4.90 Å². The highest BCUT2D eigenvalue weighted by Gasteiger charge is 2.23. The SMILES string of the molecule is CC(=O)N1CCCc2ccc(S(=O)(=O)NCCc3ccc(N)cc3)cc21.Cl. The zero-order chi connectivity index (χ0) is 18.7. The van der Waals surface area contributed by atoms with Crippen molar-refractivity contribution in [2.24, 2.45) is 0 Å². The molecule has 27 heavy (non-hydrogen) atoms. The van der Waals surface area contributed by atoms with Gasteiger partial charge in [0.1, 0.15) is 0 Å². The van der Waals surface area contributed by atoms with Crippen LogP contribution in [-0.2, 0) is 27.7 Å². The molecule has 0 spiro atoms. The van der Waals surface area contributed by atoms with Crippen molar-refractivity contribution in [2.75, 3.05) is 23.7 Å². The van der Waals surface area contributed by atoms with Crippen LogP contribution in [0.5, 0.6) is 0 Å². The molecule has 146 valence electrons. The van der Waals surface area contributed by atoms with Crippen LogP contribution in [0.15, 0.2) is 47.4 Å². The van der Waals surface area contributed by atoms with Crippen LogP contribution in [-0.4, -0.2) is 27.4 Å². The number of amides is 1. The third kappa shape index (κ3) is 5.00. The van der Waals surface area contributed by atoms with Crippen molar-refractivity contribution in [3.8, 4) is 0 Å². The van der Waals surface area contributed by atoms with Crippen molar-refractivity contribution < 1.29 is 13.2 Å². The van der Waals surface area contributed by atoms with Gasteiger partial charge < -0.3 is 10.6 Å². The van der Waals surface area contributed by atoms with E-state index in [0.717, 1.165) is 24.0 Å². The van der Waals surface area contributed by atoms with Crippen molar-refractivity contribution >= 4 is 39.7 Å². The summed E-state index contributed by atoms with van der Waals surface area (Å²) < 4.78 is 27.8. The minimum absolute atomic E-state index is 0. The molecule has 1 aliphatic rings. The maximum atomic E-state index is 12.6. The lowest BCUT2D eigenvalue weighted by Gasteiger charge is -2.29. The van der Waals surface area contributed by atoms with E-state index in [-0.39, 0.29) is 23.2 Å². The molecule has 0 saturated carbocycles. The quantitative estimate of drug-likeness (QED) is 0.742. The van der Waals surface area contributed by atoms with Gasteiger partial charge in [-0.3, -0.25) is 4.79 Å². The summed E-state index contributed by atoms with van der Waals surface area (Å²) in [5, 5.41) is 0. The third-order valence-corrected chi connectivity index (χ3v) is 6.01. The number of sulfonamides is 1. The third-order valence-electron chi connectivity index (χ3n) is 4.55. The number of benzene rings is 2. The normalized spacial score (nSPS) is 13.6. The fourth-order valence-corrected chi connectivity index (χ4v) is 4.20. The molecule has 0 saturated heterocycles. The number of nitrogen functional groups attached to an aromatic ring is 1. The number of carbonyl (C=O) groups is 1. The largest absolute Gasteiger partial charge is 0.399 e. The molecule has 0 atom stereocenters. The van der Waals surface area contributed by atoms with E-state index in [9.17, 15) is 13.2 Å². The zero-order valence-corrected chi connectivity index (χ0v) is 16.8. The van der Waals surface area contributed by atoms with Gasteiger partial charge in [-0.1, -0.05) is 18.2 Å². The number of rotatable bonds is 5. The number of carbonyl (C=O) groups excluding carboxylic acids is 1. The number of fused-ring (bicyclic) bond motifs is 1. The molecular weight excluding hydrogens is 386 g/mol. The van der Waals surface area contributed by atoms with Crippen molar-refractivity contribution in [1.82, 2.24) is 4.72 Å². The number of nitrogens with zero attached hydrogens (tertiary/aromatic N) is 1. The molecule has 0 bridgehead atoms. The molecular formula is C19H24ClN3O3S. The van der Waals surface area contributed by atoms with Crippen LogP contribution < -0.4 is 15.4 Å². The monoisotopic (exact) mass is 409 g/mol. The Morgan fingerprint density at radius 1 is 1.19 bits per heavy atom. The minimum atomic E-state index is -3.63. The fourth-order valence-electron chi connectivity index (χ4n) is 3.15. The lowest BCUT2D eigenvalue weighted by atomic mass is 10.0. The molecule has 1 heterocycles. The molecule has 1 aliphatic heterocycles. The van der Waals surface area contributed by atoms with Gasteiger partial charge in [0.15, 0.2) is 0 Å². The molecule has 3 N–H and O–H groups in total. The molecule has 2 aromatic rings. The van der Waals surface area contributed by atoms with E-state index in [1.165, 1.54) is 6.92 Å². The van der Waals surface area contributed by atoms with Crippen LogP contribution in [0, 0.1) is 0 Å². The molecule has 0 aliphatic carbocycles. The Balaban J connectivity index is 0.00000261. The van der Waals surface area contributed by atoms with Crippen LogP contribution in [0.4, 0.5) is 11.4 Å². The first kappa shape index (κ1) is 21.2. The Morgan fingerprint density at radius 3 is 2.56 bits per heavy atom. The van der Waals surface area contributed by atoms with Crippen molar-refractivity contribution in [2.45, 2.75) is 31.1 Å². The zero-order valence-electron chi connectivity index (χ0n) is 15.1. The van der Waals surface area contributed by atoms with E-state index in [0.29, 0.717) is 30.9 Å². The fraction of sp³-hybridized carbons (Fsp3) is 0.316. The van der Waals surface area contributed by atoms with E-state index in [1.54, 1.807) is 35.2 Å². The first-order chi connectivity index (χ1) is 12.4. The maximum absolute atomic E-state index is 12.6. The number of nitrogens with two attached hydrogens (primary N) is 1. The summed E-state index contributed by atoms with van der Waals surface area (Å²) in [5.41, 5.74) is 9.04. The Bertz CT molecular complexity index is 914. The second kappa shape index (κ2) is 8.73. The smallest absolute Gasteiger partial charge is 0.240 e. The van der Waals surface area contributed by atoms with Crippen LogP contribution in [0.2, 0.25) is 0 Å². The highest BCUT2D eigenvalue weighted by atomic mass is 35.5. The number of aryl methyl sites for hydroxylation is 1. The second-order valence-electron chi connectivity index (χ2n) is 6.45. The van der Waals surface area contributed by atoms with Gasteiger partial charge in [0, 0.05) is 31.4 Å². The molecule has 6 nitrogen and oxygen atoms in total. The number of nitrogens with one attached hydrogen (secondary N) is 1. The van der Waals surface area contributed by atoms with Gasteiger partial charge in [-0.2, -0.15) is 0 Å². The summed E-state index contributed by atoms with van der Waals surface area (Å²) in [4.78, 5) is 13.7. The molecule has 0 aromatic heterocycles. The van der Waals surface area contributed by atoms with Gasteiger partial charge in [-0.15, -0.1) is 12.4 Å². The highest BCUT2D eigenvalue weighted by Crippen LogP contribution is 2.29. The van der Waals surface area contributed by atoms with Crippen LogP contribution in [0.1, 0.15) is 24.5 Å². The Hall–Kier alpha value is -2.09. The van der Waals surface area contributed by atoms with Crippen molar-refractivity contribution in [3.05, 3.63) is 53.6 Å². The van der Waals surface area contributed by atoms with E-state index >= 15 is 0 Å².